The lowest BCUT2D eigenvalue weighted by Gasteiger charge is -2.25. The van der Waals surface area contributed by atoms with Crippen LogP contribution in [0.5, 0.6) is 5.75 Å². The summed E-state index contributed by atoms with van der Waals surface area (Å²) in [6.45, 7) is 10.2. The summed E-state index contributed by atoms with van der Waals surface area (Å²) in [6, 6.07) is 24.2. The molecule has 0 heterocycles. The Morgan fingerprint density at radius 3 is 2.17 bits per heavy atom. The van der Waals surface area contributed by atoms with Crippen molar-refractivity contribution >= 4 is 5.91 Å². The molecule has 3 heteroatoms. The van der Waals surface area contributed by atoms with Gasteiger partial charge in [0.1, 0.15) is 5.75 Å². The average Bonchev–Trinajstić information content (AvgIpc) is 2.73. The Kier molecular flexibility index (Phi) is 6.94. The molecule has 0 aromatic heterocycles. The van der Waals surface area contributed by atoms with Crippen molar-refractivity contribution in [3.8, 4) is 5.75 Å². The second kappa shape index (κ2) is 9.62. The van der Waals surface area contributed by atoms with Gasteiger partial charge in [-0.25, -0.2) is 0 Å². The summed E-state index contributed by atoms with van der Waals surface area (Å²) in [5.74, 6) is 0.961. The summed E-state index contributed by atoms with van der Waals surface area (Å²) < 4.78 is 6.14. The summed E-state index contributed by atoms with van der Waals surface area (Å²) in [4.78, 5) is 13.1. The molecule has 0 aliphatic rings. The molecule has 0 unspecified atom stereocenters. The third kappa shape index (κ3) is 5.10. The normalized spacial score (nSPS) is 13.0. The zero-order valence-electron chi connectivity index (χ0n) is 18.5. The van der Waals surface area contributed by atoms with Crippen LogP contribution in [-0.4, -0.2) is 12.0 Å². The van der Waals surface area contributed by atoms with E-state index in [2.05, 4.69) is 50.4 Å². The fraction of sp³-hybridized carbons (Fsp3) is 0.296. The highest BCUT2D eigenvalue weighted by Gasteiger charge is 2.23. The minimum atomic E-state index is -0.612. The van der Waals surface area contributed by atoms with E-state index in [1.807, 2.05) is 62.4 Å². The maximum atomic E-state index is 13.1. The van der Waals surface area contributed by atoms with Gasteiger partial charge in [0, 0.05) is 0 Å². The van der Waals surface area contributed by atoms with E-state index in [0.29, 0.717) is 5.92 Å². The van der Waals surface area contributed by atoms with E-state index in [-0.39, 0.29) is 11.9 Å². The van der Waals surface area contributed by atoms with Gasteiger partial charge in [0.15, 0.2) is 6.10 Å². The van der Waals surface area contributed by atoms with Crippen LogP contribution in [0.2, 0.25) is 0 Å². The second-order valence-electron chi connectivity index (χ2n) is 8.16. The van der Waals surface area contributed by atoms with Gasteiger partial charge < -0.3 is 10.1 Å². The van der Waals surface area contributed by atoms with E-state index < -0.39 is 6.10 Å². The number of ether oxygens (including phenoxy) is 1. The van der Waals surface area contributed by atoms with Gasteiger partial charge in [-0.3, -0.25) is 4.79 Å². The molecule has 0 radical (unpaired) electrons. The van der Waals surface area contributed by atoms with Crippen molar-refractivity contribution in [3.63, 3.8) is 0 Å². The molecule has 0 aliphatic heterocycles. The van der Waals surface area contributed by atoms with Gasteiger partial charge in [0.05, 0.1) is 6.04 Å². The third-order valence-electron chi connectivity index (χ3n) is 5.38. The van der Waals surface area contributed by atoms with Crippen molar-refractivity contribution in [1.29, 1.82) is 0 Å². The van der Waals surface area contributed by atoms with Crippen molar-refractivity contribution < 1.29 is 9.53 Å². The van der Waals surface area contributed by atoms with Gasteiger partial charge in [0.25, 0.3) is 5.91 Å². The minimum absolute atomic E-state index is 0.136. The number of carbonyl (C=O) groups excluding carboxylic acids is 1. The maximum absolute atomic E-state index is 13.1. The number of nitrogens with one attached hydrogen (secondary N) is 1. The molecule has 30 heavy (non-hydrogen) atoms. The zero-order valence-corrected chi connectivity index (χ0v) is 18.5. The summed E-state index contributed by atoms with van der Waals surface area (Å²) in [5.41, 5.74) is 5.50. The highest BCUT2D eigenvalue weighted by atomic mass is 16.5. The van der Waals surface area contributed by atoms with Crippen molar-refractivity contribution in [2.75, 3.05) is 0 Å². The Bertz CT molecular complexity index is 995. The molecule has 0 spiro atoms. The van der Waals surface area contributed by atoms with Crippen LogP contribution >= 0.6 is 0 Å². The van der Waals surface area contributed by atoms with Crippen molar-refractivity contribution in [2.45, 2.75) is 52.7 Å². The number of benzene rings is 3. The number of rotatable bonds is 7. The Balaban J connectivity index is 1.85. The number of aryl methyl sites for hydroxylation is 2. The molecule has 3 nitrogen and oxygen atoms in total. The van der Waals surface area contributed by atoms with E-state index in [1.165, 1.54) is 0 Å². The Labute approximate surface area is 180 Å². The first-order chi connectivity index (χ1) is 14.4. The molecule has 0 saturated heterocycles. The predicted molar refractivity (Wildman–Crippen MR) is 123 cm³/mol. The number of hydrogen-bond acceptors (Lipinski definition) is 2. The summed E-state index contributed by atoms with van der Waals surface area (Å²) in [7, 11) is 0. The Morgan fingerprint density at radius 2 is 1.50 bits per heavy atom. The van der Waals surface area contributed by atoms with Crippen molar-refractivity contribution in [2.24, 2.45) is 0 Å². The van der Waals surface area contributed by atoms with Gasteiger partial charge in [-0.05, 0) is 60.6 Å². The van der Waals surface area contributed by atoms with Gasteiger partial charge in [-0.2, -0.15) is 0 Å². The molecule has 0 bridgehead atoms. The SMILES string of the molecule is Cc1ccc(C(C)C)c(O[C@H](C)C(=O)N[C@@H](c2ccccc2)c2ccccc2C)c1. The van der Waals surface area contributed by atoms with Crippen LogP contribution in [0.1, 0.15) is 60.5 Å². The molecule has 1 N–H and O–H groups in total. The smallest absolute Gasteiger partial charge is 0.261 e. The number of carbonyl (C=O) groups is 1. The molecule has 2 atom stereocenters. The van der Waals surface area contributed by atoms with Gasteiger partial charge in [0.2, 0.25) is 0 Å². The maximum Gasteiger partial charge on any atom is 0.261 e. The molecule has 156 valence electrons. The molecule has 0 fully saturated rings. The first-order valence-corrected chi connectivity index (χ1v) is 10.5. The molecule has 3 aromatic carbocycles. The molecular weight excluding hydrogens is 370 g/mol. The molecule has 0 aliphatic carbocycles. The van der Waals surface area contributed by atoms with E-state index >= 15 is 0 Å². The lowest BCUT2D eigenvalue weighted by atomic mass is 9.95. The highest BCUT2D eigenvalue weighted by molar-refractivity contribution is 5.81. The van der Waals surface area contributed by atoms with Crippen LogP contribution in [0, 0.1) is 13.8 Å². The molecule has 3 aromatic rings. The van der Waals surface area contributed by atoms with Crippen LogP contribution < -0.4 is 10.1 Å². The van der Waals surface area contributed by atoms with Crippen LogP contribution in [0.25, 0.3) is 0 Å². The minimum Gasteiger partial charge on any atom is -0.481 e. The van der Waals surface area contributed by atoms with E-state index in [0.717, 1.165) is 33.6 Å². The lowest BCUT2D eigenvalue weighted by molar-refractivity contribution is -0.127. The first kappa shape index (κ1) is 21.6. The predicted octanol–water partition coefficient (Wildman–Crippen LogP) is 6.10. The second-order valence-corrected chi connectivity index (χ2v) is 8.16. The topological polar surface area (TPSA) is 38.3 Å². The van der Waals surface area contributed by atoms with Crippen LogP contribution in [0.3, 0.4) is 0 Å². The van der Waals surface area contributed by atoms with Gasteiger partial charge in [-0.15, -0.1) is 0 Å². The molecule has 0 saturated carbocycles. The fourth-order valence-electron chi connectivity index (χ4n) is 3.62. The largest absolute Gasteiger partial charge is 0.481 e. The standard InChI is InChI=1S/C27H31NO2/c1-18(2)23-16-15-19(3)17-25(23)30-21(5)27(29)28-26(22-12-7-6-8-13-22)24-14-10-9-11-20(24)4/h6-18,21,26H,1-5H3,(H,28,29)/t21-,26+/m1/s1. The Morgan fingerprint density at radius 1 is 0.833 bits per heavy atom. The zero-order chi connectivity index (χ0) is 21.7. The van der Waals surface area contributed by atoms with Crippen LogP contribution in [0.4, 0.5) is 0 Å². The lowest BCUT2D eigenvalue weighted by Crippen LogP contribution is -2.39. The Hall–Kier alpha value is -3.07. The van der Waals surface area contributed by atoms with Crippen molar-refractivity contribution in [3.05, 3.63) is 101 Å². The fourth-order valence-corrected chi connectivity index (χ4v) is 3.62. The summed E-state index contributed by atoms with van der Waals surface area (Å²) in [5, 5.41) is 3.21. The number of amides is 1. The monoisotopic (exact) mass is 401 g/mol. The molecule has 3 rings (SSSR count). The van der Waals surface area contributed by atoms with Gasteiger partial charge >= 0.3 is 0 Å². The van der Waals surface area contributed by atoms with E-state index in [4.69, 9.17) is 4.74 Å². The number of hydrogen-bond donors (Lipinski definition) is 1. The summed E-state index contributed by atoms with van der Waals surface area (Å²) in [6.07, 6.45) is -0.612. The van der Waals surface area contributed by atoms with Crippen molar-refractivity contribution in [1.82, 2.24) is 5.32 Å². The first-order valence-electron chi connectivity index (χ1n) is 10.5. The van der Waals surface area contributed by atoms with E-state index in [9.17, 15) is 4.79 Å². The van der Waals surface area contributed by atoms with Gasteiger partial charge in [-0.1, -0.05) is 80.6 Å². The molecule has 1 amide bonds. The third-order valence-corrected chi connectivity index (χ3v) is 5.38. The van der Waals surface area contributed by atoms with Crippen LogP contribution in [0.15, 0.2) is 72.8 Å². The quantitative estimate of drug-likeness (QED) is 0.519. The summed E-state index contributed by atoms with van der Waals surface area (Å²) >= 11 is 0. The van der Waals surface area contributed by atoms with E-state index in [1.54, 1.807) is 0 Å². The van der Waals surface area contributed by atoms with Crippen LogP contribution in [-0.2, 0) is 4.79 Å². The highest BCUT2D eigenvalue weighted by Crippen LogP contribution is 2.29. The average molecular weight is 402 g/mol. The molecular formula is C27H31NO2.